The number of aliphatic hydroxyl groups excluding tert-OH is 1. The van der Waals surface area contributed by atoms with Crippen LogP contribution >= 0.6 is 0 Å². The number of carbonyl (C=O) groups is 1. The molecule has 1 rings (SSSR count). The summed E-state index contributed by atoms with van der Waals surface area (Å²) in [6.45, 7) is 2.73. The maximum atomic E-state index is 11.6. The summed E-state index contributed by atoms with van der Waals surface area (Å²) >= 11 is 0. The van der Waals surface area contributed by atoms with E-state index in [2.05, 4.69) is 5.32 Å². The van der Waals surface area contributed by atoms with Gasteiger partial charge >= 0.3 is 5.69 Å². The van der Waals surface area contributed by atoms with E-state index in [1.165, 1.54) is 18.2 Å². The summed E-state index contributed by atoms with van der Waals surface area (Å²) in [5.74, 6) is -0.429. The van der Waals surface area contributed by atoms with Crippen LogP contribution in [0.5, 0.6) is 5.75 Å². The normalized spacial score (nSPS) is 10.9. The highest BCUT2D eigenvalue weighted by Gasteiger charge is 2.20. The Kier molecular flexibility index (Phi) is 4.82. The quantitative estimate of drug-likeness (QED) is 0.588. The van der Waals surface area contributed by atoms with Crippen LogP contribution in [-0.2, 0) is 4.79 Å². The Morgan fingerprint density at radius 1 is 1.47 bits per heavy atom. The van der Waals surface area contributed by atoms with Gasteiger partial charge < -0.3 is 15.2 Å². The molecule has 0 aliphatic heterocycles. The third-order valence-corrected chi connectivity index (χ3v) is 2.29. The van der Waals surface area contributed by atoms with Gasteiger partial charge in [-0.15, -0.1) is 0 Å². The maximum absolute atomic E-state index is 11.6. The number of rotatable bonds is 6. The van der Waals surface area contributed by atoms with Gasteiger partial charge in [0.25, 0.3) is 5.91 Å². The number of nitro groups is 1. The molecule has 0 saturated carbocycles. The van der Waals surface area contributed by atoms with Crippen LogP contribution < -0.4 is 10.1 Å². The molecule has 0 spiro atoms. The lowest BCUT2D eigenvalue weighted by Crippen LogP contribution is -2.48. The van der Waals surface area contributed by atoms with Crippen LogP contribution in [0.2, 0.25) is 0 Å². The number of amides is 1. The maximum Gasteiger partial charge on any atom is 0.310 e. The number of ether oxygens (including phenoxy) is 1. The molecule has 1 amide bonds. The molecule has 104 valence electrons. The zero-order chi connectivity index (χ0) is 14.5. The number of aliphatic hydroxyl groups is 1. The monoisotopic (exact) mass is 268 g/mol. The van der Waals surface area contributed by atoms with E-state index < -0.39 is 16.4 Å². The highest BCUT2D eigenvalue weighted by atomic mass is 16.6. The Balaban J connectivity index is 2.63. The van der Waals surface area contributed by atoms with Crippen molar-refractivity contribution in [3.63, 3.8) is 0 Å². The lowest BCUT2D eigenvalue weighted by molar-refractivity contribution is -0.385. The van der Waals surface area contributed by atoms with E-state index in [1.807, 2.05) is 0 Å². The first kappa shape index (κ1) is 14.9. The number of nitro benzene ring substituents is 1. The molecule has 7 heteroatoms. The van der Waals surface area contributed by atoms with Gasteiger partial charge in [0.2, 0.25) is 0 Å². The van der Waals surface area contributed by atoms with Crippen molar-refractivity contribution < 1.29 is 19.6 Å². The number of hydrogen-bond acceptors (Lipinski definition) is 5. The zero-order valence-corrected chi connectivity index (χ0v) is 10.8. The average molecular weight is 268 g/mol. The van der Waals surface area contributed by atoms with E-state index in [1.54, 1.807) is 19.9 Å². The molecule has 0 aromatic heterocycles. The number of nitrogens with zero attached hydrogens (tertiary/aromatic N) is 1. The summed E-state index contributed by atoms with van der Waals surface area (Å²) in [4.78, 5) is 21.7. The number of hydrogen-bond donors (Lipinski definition) is 2. The smallest absolute Gasteiger partial charge is 0.310 e. The largest absolute Gasteiger partial charge is 0.477 e. The minimum absolute atomic E-state index is 0.0319. The van der Waals surface area contributed by atoms with Crippen molar-refractivity contribution in [2.24, 2.45) is 0 Å². The fourth-order valence-corrected chi connectivity index (χ4v) is 1.33. The Labute approximate surface area is 110 Å². The van der Waals surface area contributed by atoms with E-state index in [9.17, 15) is 14.9 Å². The van der Waals surface area contributed by atoms with Gasteiger partial charge in [-0.1, -0.05) is 12.1 Å². The van der Waals surface area contributed by atoms with Gasteiger partial charge in [0, 0.05) is 6.07 Å². The summed E-state index contributed by atoms with van der Waals surface area (Å²) < 4.78 is 5.12. The predicted octanol–water partition coefficient (Wildman–Crippen LogP) is 0.861. The van der Waals surface area contributed by atoms with Crippen molar-refractivity contribution in [1.29, 1.82) is 0 Å². The van der Waals surface area contributed by atoms with Crippen molar-refractivity contribution in [2.75, 3.05) is 13.2 Å². The molecule has 0 bridgehead atoms. The predicted molar refractivity (Wildman–Crippen MR) is 67.9 cm³/mol. The standard InChI is InChI=1S/C12H16N2O5/c1-12(2,8-15)13-11(16)7-19-10-6-4-3-5-9(10)14(17)18/h3-6,15H,7-8H2,1-2H3,(H,13,16). The molecule has 0 radical (unpaired) electrons. The molecule has 0 aliphatic carbocycles. The van der Waals surface area contributed by atoms with Crippen LogP contribution in [0.1, 0.15) is 13.8 Å². The van der Waals surface area contributed by atoms with Crippen LogP contribution in [0.4, 0.5) is 5.69 Å². The molecule has 0 atom stereocenters. The number of nitrogens with one attached hydrogen (secondary N) is 1. The first-order valence-corrected chi connectivity index (χ1v) is 5.64. The molecule has 0 aliphatic rings. The van der Waals surface area contributed by atoms with Crippen LogP contribution in [0.15, 0.2) is 24.3 Å². The van der Waals surface area contributed by atoms with E-state index in [4.69, 9.17) is 9.84 Å². The molecule has 1 aromatic carbocycles. The summed E-state index contributed by atoms with van der Waals surface area (Å²) in [6, 6.07) is 5.81. The van der Waals surface area contributed by atoms with Gasteiger partial charge in [0.1, 0.15) is 0 Å². The molecule has 0 saturated heterocycles. The second kappa shape index (κ2) is 6.14. The number of benzene rings is 1. The van der Waals surface area contributed by atoms with Crippen LogP contribution in [0, 0.1) is 10.1 Å². The highest BCUT2D eigenvalue weighted by Crippen LogP contribution is 2.25. The molecule has 7 nitrogen and oxygen atoms in total. The minimum Gasteiger partial charge on any atom is -0.477 e. The summed E-state index contributed by atoms with van der Waals surface area (Å²) in [6.07, 6.45) is 0. The van der Waals surface area contributed by atoms with Gasteiger partial charge in [0.15, 0.2) is 12.4 Å². The fourth-order valence-electron chi connectivity index (χ4n) is 1.33. The van der Waals surface area contributed by atoms with E-state index in [0.717, 1.165) is 0 Å². The van der Waals surface area contributed by atoms with Gasteiger partial charge in [-0.2, -0.15) is 0 Å². The van der Waals surface area contributed by atoms with Crippen molar-refractivity contribution in [3.05, 3.63) is 34.4 Å². The molecule has 0 unspecified atom stereocenters. The molecular weight excluding hydrogens is 252 g/mol. The summed E-state index contributed by atoms with van der Waals surface area (Å²) in [5.41, 5.74) is -0.958. The highest BCUT2D eigenvalue weighted by molar-refractivity contribution is 5.78. The fraction of sp³-hybridized carbons (Fsp3) is 0.417. The number of para-hydroxylation sites is 2. The zero-order valence-electron chi connectivity index (χ0n) is 10.8. The molecule has 0 heterocycles. The van der Waals surface area contributed by atoms with Crippen molar-refractivity contribution in [3.8, 4) is 5.75 Å². The van der Waals surface area contributed by atoms with Crippen LogP contribution in [-0.4, -0.2) is 34.7 Å². The first-order valence-electron chi connectivity index (χ1n) is 5.64. The lowest BCUT2D eigenvalue weighted by atomic mass is 10.1. The Bertz CT molecular complexity index is 473. The van der Waals surface area contributed by atoms with Gasteiger partial charge in [-0.25, -0.2) is 0 Å². The first-order chi connectivity index (χ1) is 8.85. The van der Waals surface area contributed by atoms with Crippen molar-refractivity contribution in [2.45, 2.75) is 19.4 Å². The van der Waals surface area contributed by atoms with Gasteiger partial charge in [-0.05, 0) is 19.9 Å². The molecule has 0 fully saturated rings. The third kappa shape index (κ3) is 4.55. The summed E-state index contributed by atoms with van der Waals surface area (Å²) in [7, 11) is 0. The SMILES string of the molecule is CC(C)(CO)NC(=O)COc1ccccc1[N+](=O)[O-]. The topological polar surface area (TPSA) is 102 Å². The Hall–Kier alpha value is -2.15. The van der Waals surface area contributed by atoms with E-state index >= 15 is 0 Å². The minimum atomic E-state index is -0.761. The second-order valence-electron chi connectivity index (χ2n) is 4.60. The van der Waals surface area contributed by atoms with E-state index in [0.29, 0.717) is 0 Å². The molecule has 1 aromatic rings. The second-order valence-corrected chi connectivity index (χ2v) is 4.60. The van der Waals surface area contributed by atoms with Crippen LogP contribution in [0.3, 0.4) is 0 Å². The lowest BCUT2D eigenvalue weighted by Gasteiger charge is -2.23. The van der Waals surface area contributed by atoms with Crippen molar-refractivity contribution in [1.82, 2.24) is 5.32 Å². The van der Waals surface area contributed by atoms with E-state index in [-0.39, 0.29) is 24.7 Å². The Morgan fingerprint density at radius 2 is 2.11 bits per heavy atom. The average Bonchev–Trinajstić information content (AvgIpc) is 2.36. The Morgan fingerprint density at radius 3 is 2.68 bits per heavy atom. The number of carbonyl (C=O) groups excluding carboxylic acids is 1. The van der Waals surface area contributed by atoms with Gasteiger partial charge in [0.05, 0.1) is 17.1 Å². The third-order valence-electron chi connectivity index (χ3n) is 2.29. The molecular formula is C12H16N2O5. The van der Waals surface area contributed by atoms with Crippen LogP contribution in [0.25, 0.3) is 0 Å². The molecule has 2 N–H and O–H groups in total. The van der Waals surface area contributed by atoms with Gasteiger partial charge in [-0.3, -0.25) is 14.9 Å². The van der Waals surface area contributed by atoms with Crippen molar-refractivity contribution >= 4 is 11.6 Å². The summed E-state index contributed by atoms with van der Waals surface area (Å²) in [5, 5.41) is 22.3. The molecule has 19 heavy (non-hydrogen) atoms.